The van der Waals surface area contributed by atoms with Gasteiger partial charge in [0.05, 0.1) is 0 Å². The normalized spacial score (nSPS) is 9.54. The van der Waals surface area contributed by atoms with Crippen LogP contribution in [-0.2, 0) is 4.74 Å². The van der Waals surface area contributed by atoms with Crippen LogP contribution in [0.25, 0.3) is 0 Å². The molecule has 1 N–H and O–H groups in total. The molecular formula is C9H10O3S. The third kappa shape index (κ3) is 4.42. The topological polar surface area (TPSA) is 46.5 Å². The van der Waals surface area contributed by atoms with Gasteiger partial charge in [0.25, 0.3) is 0 Å². The van der Waals surface area contributed by atoms with Crippen LogP contribution in [0.15, 0.2) is 35.2 Å². The number of hydrogen-bond donors (Lipinski definition) is 1. The highest BCUT2D eigenvalue weighted by molar-refractivity contribution is 7.99. The highest BCUT2D eigenvalue weighted by Gasteiger charge is 1.96. The number of thioether (sulfide) groups is 1. The van der Waals surface area contributed by atoms with Gasteiger partial charge < -0.3 is 9.84 Å². The minimum atomic E-state index is -1.21. The molecule has 0 aliphatic heterocycles. The van der Waals surface area contributed by atoms with Gasteiger partial charge in [-0.15, -0.1) is 11.8 Å². The lowest BCUT2D eigenvalue weighted by Crippen LogP contribution is -2.03. The summed E-state index contributed by atoms with van der Waals surface area (Å²) in [4.78, 5) is 11.1. The summed E-state index contributed by atoms with van der Waals surface area (Å²) in [6.07, 6.45) is -1.21. The first-order chi connectivity index (χ1) is 6.29. The zero-order chi connectivity index (χ0) is 9.52. The average Bonchev–Trinajstić information content (AvgIpc) is 2.14. The Morgan fingerprint density at radius 2 is 2.08 bits per heavy atom. The molecule has 0 aliphatic rings. The smallest absolute Gasteiger partial charge is 0.450 e. The molecule has 0 heterocycles. The molecule has 0 bridgehead atoms. The molecular weight excluding hydrogens is 188 g/mol. The molecule has 0 saturated carbocycles. The van der Waals surface area contributed by atoms with Crippen LogP contribution < -0.4 is 0 Å². The Hall–Kier alpha value is -1.16. The summed E-state index contributed by atoms with van der Waals surface area (Å²) in [6.45, 7) is 0.231. The third-order valence-electron chi connectivity index (χ3n) is 1.32. The largest absolute Gasteiger partial charge is 0.505 e. The maximum atomic E-state index is 9.98. The van der Waals surface area contributed by atoms with Gasteiger partial charge in [0, 0.05) is 10.6 Å². The fraction of sp³-hybridized carbons (Fsp3) is 0.222. The van der Waals surface area contributed by atoms with Gasteiger partial charge in [0.2, 0.25) is 0 Å². The SMILES string of the molecule is O=C(O)OCCSc1ccccc1. The maximum Gasteiger partial charge on any atom is 0.505 e. The van der Waals surface area contributed by atoms with E-state index in [1.54, 1.807) is 11.8 Å². The highest BCUT2D eigenvalue weighted by atomic mass is 32.2. The predicted molar refractivity (Wildman–Crippen MR) is 51.1 cm³/mol. The van der Waals surface area contributed by atoms with E-state index in [2.05, 4.69) is 4.74 Å². The number of rotatable bonds is 4. The third-order valence-corrected chi connectivity index (χ3v) is 2.30. The Balaban J connectivity index is 2.17. The number of carboxylic acid groups (broad SMARTS) is 1. The van der Waals surface area contributed by atoms with Crippen molar-refractivity contribution in [1.82, 2.24) is 0 Å². The monoisotopic (exact) mass is 198 g/mol. The van der Waals surface area contributed by atoms with Crippen LogP contribution in [0.1, 0.15) is 0 Å². The van der Waals surface area contributed by atoms with Crippen LogP contribution in [0.5, 0.6) is 0 Å². The van der Waals surface area contributed by atoms with Gasteiger partial charge in [-0.25, -0.2) is 4.79 Å². The molecule has 0 amide bonds. The lowest BCUT2D eigenvalue weighted by Gasteiger charge is -2.00. The number of hydrogen-bond acceptors (Lipinski definition) is 3. The van der Waals surface area contributed by atoms with Crippen LogP contribution in [-0.4, -0.2) is 23.6 Å². The molecule has 0 aliphatic carbocycles. The van der Waals surface area contributed by atoms with Crippen LogP contribution >= 0.6 is 11.8 Å². The van der Waals surface area contributed by atoms with E-state index in [-0.39, 0.29) is 6.61 Å². The van der Waals surface area contributed by atoms with Crippen molar-refractivity contribution in [1.29, 1.82) is 0 Å². The minimum absolute atomic E-state index is 0.231. The molecule has 0 aromatic heterocycles. The van der Waals surface area contributed by atoms with Gasteiger partial charge in [-0.05, 0) is 12.1 Å². The summed E-state index contributed by atoms with van der Waals surface area (Å²) < 4.78 is 4.36. The maximum absolute atomic E-state index is 9.98. The van der Waals surface area contributed by atoms with Gasteiger partial charge in [-0.3, -0.25) is 0 Å². The first-order valence-corrected chi connectivity index (χ1v) is 4.81. The Labute approximate surface area is 80.7 Å². The average molecular weight is 198 g/mol. The zero-order valence-corrected chi connectivity index (χ0v) is 7.79. The summed E-state index contributed by atoms with van der Waals surface area (Å²) in [5.41, 5.74) is 0. The van der Waals surface area contributed by atoms with Crippen molar-refractivity contribution >= 4 is 17.9 Å². The van der Waals surface area contributed by atoms with Crippen molar-refractivity contribution in [3.63, 3.8) is 0 Å². The molecule has 0 unspecified atom stereocenters. The quantitative estimate of drug-likeness (QED) is 0.458. The standard InChI is InChI=1S/C9H10O3S/c10-9(11)12-6-7-13-8-4-2-1-3-5-8/h1-5H,6-7H2,(H,10,11). The zero-order valence-electron chi connectivity index (χ0n) is 6.97. The molecule has 13 heavy (non-hydrogen) atoms. The first kappa shape index (κ1) is 9.92. The van der Waals surface area contributed by atoms with E-state index in [9.17, 15) is 4.79 Å². The van der Waals surface area contributed by atoms with E-state index in [0.717, 1.165) is 4.90 Å². The molecule has 4 heteroatoms. The Morgan fingerprint density at radius 3 is 2.69 bits per heavy atom. The number of carbonyl (C=O) groups is 1. The molecule has 0 radical (unpaired) electrons. The van der Waals surface area contributed by atoms with Gasteiger partial charge in [0.15, 0.2) is 0 Å². The van der Waals surface area contributed by atoms with Gasteiger partial charge in [-0.2, -0.15) is 0 Å². The van der Waals surface area contributed by atoms with Crippen LogP contribution in [0.2, 0.25) is 0 Å². The number of benzene rings is 1. The molecule has 1 aromatic rings. The molecule has 3 nitrogen and oxygen atoms in total. The molecule has 0 fully saturated rings. The highest BCUT2D eigenvalue weighted by Crippen LogP contribution is 2.16. The summed E-state index contributed by atoms with van der Waals surface area (Å²) in [5, 5.41) is 8.18. The van der Waals surface area contributed by atoms with Crippen molar-refractivity contribution in [2.75, 3.05) is 12.4 Å². The minimum Gasteiger partial charge on any atom is -0.450 e. The summed E-state index contributed by atoms with van der Waals surface area (Å²) in [7, 11) is 0. The molecule has 0 atom stereocenters. The van der Waals surface area contributed by atoms with Gasteiger partial charge in [-0.1, -0.05) is 18.2 Å². The second-order valence-corrected chi connectivity index (χ2v) is 3.44. The van der Waals surface area contributed by atoms with E-state index in [0.29, 0.717) is 5.75 Å². The second kappa shape index (κ2) is 5.48. The molecule has 0 saturated heterocycles. The first-order valence-electron chi connectivity index (χ1n) is 3.82. The number of ether oxygens (including phenoxy) is 1. The fourth-order valence-corrected chi connectivity index (χ4v) is 1.56. The second-order valence-electron chi connectivity index (χ2n) is 2.28. The molecule has 1 aromatic carbocycles. The lowest BCUT2D eigenvalue weighted by molar-refractivity contribution is 0.0975. The van der Waals surface area contributed by atoms with Gasteiger partial charge >= 0.3 is 6.16 Å². The van der Waals surface area contributed by atoms with Crippen molar-refractivity contribution in [3.05, 3.63) is 30.3 Å². The predicted octanol–water partition coefficient (Wildman–Crippen LogP) is 2.47. The fourth-order valence-electron chi connectivity index (χ4n) is 0.805. The Kier molecular flexibility index (Phi) is 4.18. The van der Waals surface area contributed by atoms with E-state index in [1.165, 1.54) is 0 Å². The van der Waals surface area contributed by atoms with Gasteiger partial charge in [0.1, 0.15) is 6.61 Å². The van der Waals surface area contributed by atoms with E-state index in [1.807, 2.05) is 30.3 Å². The van der Waals surface area contributed by atoms with Crippen LogP contribution in [0.4, 0.5) is 4.79 Å². The molecule has 0 spiro atoms. The Morgan fingerprint density at radius 1 is 1.38 bits per heavy atom. The summed E-state index contributed by atoms with van der Waals surface area (Å²) in [6, 6.07) is 9.79. The van der Waals surface area contributed by atoms with E-state index < -0.39 is 6.16 Å². The van der Waals surface area contributed by atoms with Crippen molar-refractivity contribution in [2.24, 2.45) is 0 Å². The molecule has 1 rings (SSSR count). The summed E-state index contributed by atoms with van der Waals surface area (Å²) in [5.74, 6) is 0.649. The van der Waals surface area contributed by atoms with Crippen molar-refractivity contribution < 1.29 is 14.6 Å². The van der Waals surface area contributed by atoms with Crippen LogP contribution in [0, 0.1) is 0 Å². The molecule has 70 valence electrons. The van der Waals surface area contributed by atoms with Crippen molar-refractivity contribution in [2.45, 2.75) is 4.90 Å². The Bertz CT molecular complexity index is 261. The van der Waals surface area contributed by atoms with E-state index >= 15 is 0 Å². The van der Waals surface area contributed by atoms with Crippen molar-refractivity contribution in [3.8, 4) is 0 Å². The lowest BCUT2D eigenvalue weighted by atomic mass is 10.4. The van der Waals surface area contributed by atoms with Crippen LogP contribution in [0.3, 0.4) is 0 Å². The van der Waals surface area contributed by atoms with E-state index in [4.69, 9.17) is 5.11 Å². The summed E-state index contributed by atoms with van der Waals surface area (Å²) >= 11 is 1.57.